The van der Waals surface area contributed by atoms with Gasteiger partial charge in [0.2, 0.25) is 0 Å². The molecule has 0 bridgehead atoms. The third-order valence-electron chi connectivity index (χ3n) is 1.52. The predicted octanol–water partition coefficient (Wildman–Crippen LogP) is -0.213. The molecule has 6 N–H and O–H groups in total. The molecule has 0 saturated carbocycles. The van der Waals surface area contributed by atoms with Gasteiger partial charge in [-0.1, -0.05) is 0 Å². The number of aliphatic carboxylic acids is 2. The lowest BCUT2D eigenvalue weighted by Crippen LogP contribution is -2.09. The number of carbonyl (C=O) groups is 2. The maximum absolute atomic E-state index is 10.7. The highest BCUT2D eigenvalue weighted by molar-refractivity contribution is 5.95. The minimum atomic E-state index is -1.31. The number of carboxylic acid groups (broad SMARTS) is 2. The molecule has 0 aromatic carbocycles. The normalized spacial score (nSPS) is 13.8. The highest BCUT2D eigenvalue weighted by Crippen LogP contribution is 2.07. The lowest BCUT2D eigenvalue weighted by Gasteiger charge is -2.00. The summed E-state index contributed by atoms with van der Waals surface area (Å²) in [6.07, 6.45) is 3.22. The van der Waals surface area contributed by atoms with Crippen molar-refractivity contribution in [2.24, 2.45) is 11.5 Å². The van der Waals surface area contributed by atoms with Crippen LogP contribution in [-0.4, -0.2) is 22.2 Å². The molecule has 0 saturated heterocycles. The number of hydrogen-bond acceptors (Lipinski definition) is 4. The Balaban J connectivity index is 5.36. The molecule has 0 fully saturated rings. The van der Waals surface area contributed by atoms with Crippen molar-refractivity contribution in [3.05, 3.63) is 35.2 Å². The summed E-state index contributed by atoms with van der Waals surface area (Å²) in [4.78, 5) is 21.2. The van der Waals surface area contributed by atoms with Gasteiger partial charge in [-0.3, -0.25) is 0 Å². The first-order valence-electron chi connectivity index (χ1n) is 3.93. The van der Waals surface area contributed by atoms with Gasteiger partial charge in [0.25, 0.3) is 0 Å². The fourth-order valence-electron chi connectivity index (χ4n) is 0.740. The molecule has 0 spiro atoms. The van der Waals surface area contributed by atoms with Gasteiger partial charge < -0.3 is 21.7 Å². The van der Waals surface area contributed by atoms with Crippen LogP contribution in [0.5, 0.6) is 0 Å². The topological polar surface area (TPSA) is 127 Å². The first-order valence-corrected chi connectivity index (χ1v) is 3.93. The van der Waals surface area contributed by atoms with Crippen molar-refractivity contribution in [1.82, 2.24) is 0 Å². The molecule has 0 rings (SSSR count). The van der Waals surface area contributed by atoms with Crippen LogP contribution in [0.15, 0.2) is 35.2 Å². The van der Waals surface area contributed by atoms with Gasteiger partial charge in [0.15, 0.2) is 0 Å². The van der Waals surface area contributed by atoms with Crippen LogP contribution in [0.4, 0.5) is 0 Å². The van der Waals surface area contributed by atoms with Crippen LogP contribution in [-0.2, 0) is 9.59 Å². The van der Waals surface area contributed by atoms with Gasteiger partial charge >= 0.3 is 11.9 Å². The summed E-state index contributed by atoms with van der Waals surface area (Å²) in [5, 5.41) is 17.3. The lowest BCUT2D eigenvalue weighted by atomic mass is 10.1. The van der Waals surface area contributed by atoms with E-state index in [1.54, 1.807) is 0 Å². The van der Waals surface area contributed by atoms with E-state index >= 15 is 0 Å². The molecule has 0 radical (unpaired) electrons. The standard InChI is InChI=1S/C9H12N2O4/c1-5(8(12)13)4-6(9(14)15)7(11)2-3-10/h2-4H,10-11H2,1H3,(H,12,13)(H,14,15)/b3-2+,5-4+,7-6-. The Bertz CT molecular complexity index is 366. The van der Waals surface area contributed by atoms with Crippen LogP contribution in [0, 0.1) is 0 Å². The molecule has 0 atom stereocenters. The van der Waals surface area contributed by atoms with Gasteiger partial charge in [-0.25, -0.2) is 9.59 Å². The van der Waals surface area contributed by atoms with Gasteiger partial charge in [-0.2, -0.15) is 0 Å². The summed E-state index contributed by atoms with van der Waals surface area (Å²) in [5.74, 6) is -2.52. The molecule has 0 heterocycles. The van der Waals surface area contributed by atoms with Crippen molar-refractivity contribution < 1.29 is 19.8 Å². The largest absolute Gasteiger partial charge is 0.478 e. The van der Waals surface area contributed by atoms with Crippen LogP contribution in [0.2, 0.25) is 0 Å². The van der Waals surface area contributed by atoms with Gasteiger partial charge in [0.05, 0.1) is 5.57 Å². The minimum Gasteiger partial charge on any atom is -0.478 e. The van der Waals surface area contributed by atoms with Crippen molar-refractivity contribution in [2.75, 3.05) is 0 Å². The zero-order chi connectivity index (χ0) is 12.0. The quantitative estimate of drug-likeness (QED) is 0.377. The Morgan fingerprint density at radius 2 is 1.73 bits per heavy atom. The Hall–Kier alpha value is -2.24. The maximum Gasteiger partial charge on any atom is 0.337 e. The van der Waals surface area contributed by atoms with E-state index in [-0.39, 0.29) is 16.8 Å². The number of carboxylic acids is 2. The van der Waals surface area contributed by atoms with E-state index in [1.807, 2.05) is 0 Å². The third-order valence-corrected chi connectivity index (χ3v) is 1.52. The Morgan fingerprint density at radius 3 is 2.07 bits per heavy atom. The highest BCUT2D eigenvalue weighted by Gasteiger charge is 2.10. The molecule has 82 valence electrons. The zero-order valence-corrected chi connectivity index (χ0v) is 8.10. The molecule has 0 unspecified atom stereocenters. The fourth-order valence-corrected chi connectivity index (χ4v) is 0.740. The molecular weight excluding hydrogens is 200 g/mol. The lowest BCUT2D eigenvalue weighted by molar-refractivity contribution is -0.132. The highest BCUT2D eigenvalue weighted by atomic mass is 16.4. The second-order valence-electron chi connectivity index (χ2n) is 2.67. The molecule has 0 aromatic rings. The average molecular weight is 212 g/mol. The van der Waals surface area contributed by atoms with Gasteiger partial charge in [-0.15, -0.1) is 0 Å². The van der Waals surface area contributed by atoms with Crippen LogP contribution < -0.4 is 11.5 Å². The maximum atomic E-state index is 10.7. The van der Waals surface area contributed by atoms with Crippen LogP contribution in [0.3, 0.4) is 0 Å². The van der Waals surface area contributed by atoms with E-state index in [2.05, 4.69) is 0 Å². The number of hydrogen-bond donors (Lipinski definition) is 4. The van der Waals surface area contributed by atoms with Crippen LogP contribution in [0.1, 0.15) is 6.92 Å². The van der Waals surface area contributed by atoms with Crippen LogP contribution in [0.25, 0.3) is 0 Å². The minimum absolute atomic E-state index is 0.106. The molecule has 0 aliphatic heterocycles. The first-order chi connectivity index (χ1) is 6.90. The summed E-state index contributed by atoms with van der Waals surface area (Å²) < 4.78 is 0. The molecule has 0 aliphatic carbocycles. The van der Waals surface area contributed by atoms with E-state index < -0.39 is 11.9 Å². The average Bonchev–Trinajstić information content (AvgIpc) is 2.13. The Labute approximate surface area is 86.2 Å². The first kappa shape index (κ1) is 12.8. The van der Waals surface area contributed by atoms with Crippen molar-refractivity contribution in [3.63, 3.8) is 0 Å². The molecule has 0 amide bonds. The summed E-state index contributed by atoms with van der Waals surface area (Å²) in [6, 6.07) is 0. The Kier molecular flexibility index (Phi) is 4.66. The van der Waals surface area contributed by atoms with E-state index in [4.69, 9.17) is 21.7 Å². The van der Waals surface area contributed by atoms with Crippen LogP contribution >= 0.6 is 0 Å². The summed E-state index contributed by atoms with van der Waals surface area (Å²) in [7, 11) is 0. The Morgan fingerprint density at radius 1 is 1.20 bits per heavy atom. The summed E-state index contributed by atoms with van der Waals surface area (Å²) in [5.41, 5.74) is 9.87. The van der Waals surface area contributed by atoms with E-state index in [9.17, 15) is 9.59 Å². The van der Waals surface area contributed by atoms with Gasteiger partial charge in [0.1, 0.15) is 0 Å². The SMILES string of the molecule is C\C(=C/C(C(=O)O)=C(N)\C=C\N)C(=O)O. The number of nitrogens with two attached hydrogens (primary N) is 2. The molecular formula is C9H12N2O4. The third kappa shape index (κ3) is 3.99. The molecule has 0 aromatic heterocycles. The summed E-state index contributed by atoms with van der Waals surface area (Å²) in [6.45, 7) is 1.27. The summed E-state index contributed by atoms with van der Waals surface area (Å²) >= 11 is 0. The fraction of sp³-hybridized carbons (Fsp3) is 0.111. The number of rotatable bonds is 4. The molecule has 6 heteroatoms. The van der Waals surface area contributed by atoms with Crippen molar-refractivity contribution >= 4 is 11.9 Å². The van der Waals surface area contributed by atoms with E-state index in [1.165, 1.54) is 13.0 Å². The molecule has 6 nitrogen and oxygen atoms in total. The van der Waals surface area contributed by atoms with E-state index in [0.29, 0.717) is 0 Å². The second kappa shape index (κ2) is 5.48. The van der Waals surface area contributed by atoms with Crippen molar-refractivity contribution in [2.45, 2.75) is 6.92 Å². The zero-order valence-electron chi connectivity index (χ0n) is 8.10. The van der Waals surface area contributed by atoms with Gasteiger partial charge in [-0.05, 0) is 25.3 Å². The predicted molar refractivity (Wildman–Crippen MR) is 53.6 cm³/mol. The number of allylic oxidation sites excluding steroid dienone is 1. The van der Waals surface area contributed by atoms with Crippen molar-refractivity contribution in [3.8, 4) is 0 Å². The van der Waals surface area contributed by atoms with E-state index in [0.717, 1.165) is 12.3 Å². The van der Waals surface area contributed by atoms with Crippen molar-refractivity contribution in [1.29, 1.82) is 0 Å². The van der Waals surface area contributed by atoms with Gasteiger partial charge in [0, 0.05) is 11.3 Å². The smallest absolute Gasteiger partial charge is 0.337 e. The monoisotopic (exact) mass is 212 g/mol. The molecule has 15 heavy (non-hydrogen) atoms. The second-order valence-corrected chi connectivity index (χ2v) is 2.67. The molecule has 0 aliphatic rings.